The van der Waals surface area contributed by atoms with Crippen LogP contribution in [0.25, 0.3) is 0 Å². The first-order chi connectivity index (χ1) is 10.3. The van der Waals surface area contributed by atoms with Crippen molar-refractivity contribution in [1.82, 2.24) is 0 Å². The molecule has 0 aromatic heterocycles. The molecule has 7 heteroatoms. The molecule has 116 valence electrons. The minimum atomic E-state index is -4.27. The van der Waals surface area contributed by atoms with Gasteiger partial charge in [-0.25, -0.2) is 0 Å². The Morgan fingerprint density at radius 3 is 2.18 bits per heavy atom. The fraction of sp³-hybridized carbons (Fsp3) is 0.0667. The van der Waals surface area contributed by atoms with Crippen molar-refractivity contribution >= 4 is 27.5 Å². The highest BCUT2D eigenvalue weighted by atomic mass is 32.2. The zero-order valence-electron chi connectivity index (χ0n) is 12.6. The van der Waals surface area contributed by atoms with Crippen molar-refractivity contribution in [3.8, 4) is 0 Å². The summed E-state index contributed by atoms with van der Waals surface area (Å²) in [6, 6.07) is 11.3. The van der Waals surface area contributed by atoms with Gasteiger partial charge >= 0.3 is 0 Å². The average molecular weight is 321 g/mol. The molecule has 2 N–H and O–H groups in total. The van der Waals surface area contributed by atoms with Gasteiger partial charge in [0.1, 0.15) is 0 Å². The quantitative estimate of drug-likeness (QED) is 0.665. The van der Waals surface area contributed by atoms with E-state index in [4.69, 9.17) is 4.55 Å². The van der Waals surface area contributed by atoms with Gasteiger partial charge in [-0.05, 0) is 43.3 Å². The molecule has 0 fully saturated rings. The summed E-state index contributed by atoms with van der Waals surface area (Å²) >= 11 is 0. The SMILES string of the molecule is CC(=O)c1cccc(C(=O)Nc2ccc(S(=O)(=O)O)cc2)c1.[2H-]. The second-order valence-electron chi connectivity index (χ2n) is 4.59. The Balaban J connectivity index is 0.00000264. The first kappa shape index (κ1) is 15.9. The number of carbonyl (C=O) groups is 2. The molecule has 0 unspecified atom stereocenters. The van der Waals surface area contributed by atoms with Crippen LogP contribution in [0.2, 0.25) is 0 Å². The topological polar surface area (TPSA) is 101 Å². The minimum absolute atomic E-state index is 0. The average Bonchev–Trinajstić information content (AvgIpc) is 2.47. The van der Waals surface area contributed by atoms with Crippen molar-refractivity contribution in [2.45, 2.75) is 11.8 Å². The van der Waals surface area contributed by atoms with E-state index in [0.717, 1.165) is 0 Å². The van der Waals surface area contributed by atoms with Gasteiger partial charge in [0.05, 0.1) is 4.90 Å². The van der Waals surface area contributed by atoms with Gasteiger partial charge < -0.3 is 6.74 Å². The summed E-state index contributed by atoms with van der Waals surface area (Å²) in [4.78, 5) is 23.1. The lowest BCUT2D eigenvalue weighted by Gasteiger charge is -2.06. The molecule has 0 aliphatic heterocycles. The number of Topliss-reactive ketones (excluding diaryl/α,β-unsaturated/α-hetero) is 1. The third-order valence-corrected chi connectivity index (χ3v) is 3.81. The molecule has 22 heavy (non-hydrogen) atoms. The first-order valence-corrected chi connectivity index (χ1v) is 7.71. The van der Waals surface area contributed by atoms with Gasteiger partial charge in [-0.1, -0.05) is 12.1 Å². The molecule has 0 radical (unpaired) electrons. The van der Waals surface area contributed by atoms with E-state index in [2.05, 4.69) is 5.32 Å². The van der Waals surface area contributed by atoms with Gasteiger partial charge in [-0.2, -0.15) is 8.42 Å². The van der Waals surface area contributed by atoms with Crippen LogP contribution in [0.15, 0.2) is 53.4 Å². The number of amides is 1. The van der Waals surface area contributed by atoms with Gasteiger partial charge in [0.2, 0.25) is 0 Å². The molecule has 0 spiro atoms. The van der Waals surface area contributed by atoms with Gasteiger partial charge in [0.25, 0.3) is 16.0 Å². The molecule has 2 aromatic rings. The Hall–Kier alpha value is -2.51. The highest BCUT2D eigenvalue weighted by molar-refractivity contribution is 7.85. The molecule has 0 heterocycles. The lowest BCUT2D eigenvalue weighted by Crippen LogP contribution is -2.12. The highest BCUT2D eigenvalue weighted by Crippen LogP contribution is 2.15. The summed E-state index contributed by atoms with van der Waals surface area (Å²) in [6.45, 7) is 1.41. The molecule has 0 aliphatic carbocycles. The van der Waals surface area contributed by atoms with Crippen molar-refractivity contribution in [3.63, 3.8) is 0 Å². The summed E-state index contributed by atoms with van der Waals surface area (Å²) in [7, 11) is -4.27. The Kier molecular flexibility index (Phi) is 4.39. The molecule has 2 aromatic carbocycles. The van der Waals surface area contributed by atoms with Gasteiger partial charge in [0, 0.05) is 16.8 Å². The van der Waals surface area contributed by atoms with Crippen LogP contribution in [0, 0.1) is 0 Å². The number of benzene rings is 2. The number of rotatable bonds is 4. The van der Waals surface area contributed by atoms with E-state index in [9.17, 15) is 18.0 Å². The first-order valence-electron chi connectivity index (χ1n) is 6.27. The van der Waals surface area contributed by atoms with E-state index in [1.54, 1.807) is 18.2 Å². The highest BCUT2D eigenvalue weighted by Gasteiger charge is 2.11. The Morgan fingerprint density at radius 1 is 1.05 bits per heavy atom. The van der Waals surface area contributed by atoms with Gasteiger partial charge in [-0.15, -0.1) is 0 Å². The summed E-state index contributed by atoms with van der Waals surface area (Å²) in [6.07, 6.45) is 0. The zero-order valence-corrected chi connectivity index (χ0v) is 12.4. The smallest absolute Gasteiger partial charge is 0.294 e. The largest absolute Gasteiger partial charge is 1.00 e. The normalized spacial score (nSPS) is 11.0. The van der Waals surface area contributed by atoms with Crippen LogP contribution in [0.5, 0.6) is 0 Å². The molecule has 0 saturated carbocycles. The summed E-state index contributed by atoms with van der Waals surface area (Å²) in [5.74, 6) is -0.574. The van der Waals surface area contributed by atoms with E-state index < -0.39 is 16.0 Å². The van der Waals surface area contributed by atoms with E-state index >= 15 is 0 Å². The maximum Gasteiger partial charge on any atom is 0.294 e. The van der Waals surface area contributed by atoms with E-state index in [0.29, 0.717) is 16.8 Å². The maximum absolute atomic E-state index is 12.1. The predicted molar refractivity (Wildman–Crippen MR) is 81.8 cm³/mol. The van der Waals surface area contributed by atoms with Crippen LogP contribution >= 0.6 is 0 Å². The lowest BCUT2D eigenvalue weighted by atomic mass is 10.1. The zero-order chi connectivity index (χ0) is 16.3. The Labute approximate surface area is 129 Å². The summed E-state index contributed by atoms with van der Waals surface area (Å²) in [5, 5.41) is 2.58. The van der Waals surface area contributed by atoms with E-state index in [1.165, 1.54) is 37.3 Å². The van der Waals surface area contributed by atoms with Crippen LogP contribution in [0.4, 0.5) is 5.69 Å². The van der Waals surface area contributed by atoms with Crippen molar-refractivity contribution in [2.24, 2.45) is 0 Å². The molecule has 6 nitrogen and oxygen atoms in total. The second kappa shape index (κ2) is 6.08. The fourth-order valence-corrected chi connectivity index (χ4v) is 2.27. The third kappa shape index (κ3) is 3.78. The molecule has 0 saturated heterocycles. The number of ketones is 1. The molecule has 0 aliphatic rings. The van der Waals surface area contributed by atoms with E-state index in [1.807, 2.05) is 0 Å². The Bertz CT molecular complexity index is 831. The standard InChI is InChI=1S/C15H13NO5S.H/c1-10(17)11-3-2-4-12(9-11)15(18)16-13-5-7-14(8-6-13)22(19,20)21;/h2-9H,1H3,(H,16,18)(H,19,20,21);/q;-1/i;1+1. The molecular weight excluding hydrogens is 306 g/mol. The predicted octanol–water partition coefficient (Wildman–Crippen LogP) is 2.50. The number of nitrogens with one attached hydrogen (secondary N) is 1. The van der Waals surface area contributed by atoms with Crippen LogP contribution in [-0.4, -0.2) is 24.7 Å². The number of hydrogen-bond acceptors (Lipinski definition) is 4. The lowest BCUT2D eigenvalue weighted by molar-refractivity contribution is 0.101. The maximum atomic E-state index is 12.1. The van der Waals surface area contributed by atoms with Crippen LogP contribution in [-0.2, 0) is 10.1 Å². The molecule has 0 bridgehead atoms. The van der Waals surface area contributed by atoms with Crippen LogP contribution in [0.1, 0.15) is 29.1 Å². The fourth-order valence-electron chi connectivity index (χ4n) is 1.79. The summed E-state index contributed by atoms with van der Waals surface area (Å²) in [5.41, 5.74) is 1.10. The number of hydrogen-bond donors (Lipinski definition) is 2. The van der Waals surface area contributed by atoms with Crippen molar-refractivity contribution in [2.75, 3.05) is 5.32 Å². The van der Waals surface area contributed by atoms with Crippen molar-refractivity contribution < 1.29 is 24.0 Å². The molecule has 2 rings (SSSR count). The minimum Gasteiger partial charge on any atom is -1.00 e. The number of carbonyl (C=O) groups excluding carboxylic acids is 2. The van der Waals surface area contributed by atoms with E-state index in [-0.39, 0.29) is 12.1 Å². The monoisotopic (exact) mass is 321 g/mol. The van der Waals surface area contributed by atoms with Crippen molar-refractivity contribution in [1.29, 1.82) is 0 Å². The van der Waals surface area contributed by atoms with Crippen LogP contribution in [0.3, 0.4) is 0 Å². The van der Waals surface area contributed by atoms with Crippen LogP contribution < -0.4 is 5.32 Å². The van der Waals surface area contributed by atoms with Crippen molar-refractivity contribution in [3.05, 3.63) is 59.7 Å². The molecule has 0 atom stereocenters. The van der Waals surface area contributed by atoms with Gasteiger partial charge in [-0.3, -0.25) is 14.1 Å². The Morgan fingerprint density at radius 2 is 1.64 bits per heavy atom. The third-order valence-electron chi connectivity index (χ3n) is 2.94. The molecular formula is C15H14NO5S-. The second-order valence-corrected chi connectivity index (χ2v) is 6.01. The summed E-state index contributed by atoms with van der Waals surface area (Å²) < 4.78 is 30.7. The molecule has 1 amide bonds. The van der Waals surface area contributed by atoms with Gasteiger partial charge in [0.15, 0.2) is 5.78 Å². The number of anilines is 1.